The second-order valence-electron chi connectivity index (χ2n) is 6.69. The molecule has 0 spiro atoms. The molecule has 0 bridgehead atoms. The molecule has 1 aliphatic rings. The molecule has 0 aliphatic carbocycles. The molecule has 1 saturated heterocycles. The first-order chi connectivity index (χ1) is 12.7. The van der Waals surface area contributed by atoms with Crippen LogP contribution in [0.25, 0.3) is 5.65 Å². The fourth-order valence-electron chi connectivity index (χ4n) is 3.33. The maximum absolute atomic E-state index is 5.53. The van der Waals surface area contributed by atoms with Crippen LogP contribution in [0.1, 0.15) is 23.0 Å². The van der Waals surface area contributed by atoms with E-state index in [0.717, 1.165) is 50.1 Å². The average molecular weight is 352 g/mol. The maximum Gasteiger partial charge on any atom is 0.178 e. The van der Waals surface area contributed by atoms with Crippen LogP contribution in [0, 0.1) is 13.8 Å². The first-order valence-electron chi connectivity index (χ1n) is 9.02. The van der Waals surface area contributed by atoms with Crippen molar-refractivity contribution in [2.75, 3.05) is 38.2 Å². The molecule has 7 heteroatoms. The number of aryl methyl sites for hydroxylation is 2. The Balaban J connectivity index is 1.54. The highest BCUT2D eigenvalue weighted by Gasteiger charge is 2.22. The Bertz CT molecular complexity index is 869. The van der Waals surface area contributed by atoms with Crippen molar-refractivity contribution in [2.45, 2.75) is 19.9 Å². The predicted molar refractivity (Wildman–Crippen MR) is 100 cm³/mol. The number of ether oxygens (including phenoxy) is 1. The topological polar surface area (TPSA) is 67.6 Å². The van der Waals surface area contributed by atoms with Crippen LogP contribution in [-0.4, -0.2) is 57.6 Å². The van der Waals surface area contributed by atoms with Gasteiger partial charge in [-0.05, 0) is 31.5 Å². The molecule has 2 aromatic heterocycles. The van der Waals surface area contributed by atoms with Gasteiger partial charge < -0.3 is 10.1 Å². The van der Waals surface area contributed by atoms with Crippen LogP contribution in [0.2, 0.25) is 0 Å². The number of rotatable bonds is 5. The molecule has 3 aromatic rings. The SMILES string of the molecule is Cc1ccc(C(CNc2ccc3nnc(C)n3n2)N2CCOCC2)cc1. The molecule has 1 aliphatic heterocycles. The summed E-state index contributed by atoms with van der Waals surface area (Å²) in [7, 11) is 0. The quantitative estimate of drug-likeness (QED) is 0.759. The third kappa shape index (κ3) is 3.54. The van der Waals surface area contributed by atoms with E-state index in [4.69, 9.17) is 4.74 Å². The van der Waals surface area contributed by atoms with Crippen molar-refractivity contribution in [3.63, 3.8) is 0 Å². The van der Waals surface area contributed by atoms with E-state index in [1.807, 2.05) is 19.1 Å². The van der Waals surface area contributed by atoms with Gasteiger partial charge in [-0.2, -0.15) is 4.52 Å². The number of anilines is 1. The fraction of sp³-hybridized carbons (Fsp3) is 0.421. The van der Waals surface area contributed by atoms with Crippen molar-refractivity contribution in [2.24, 2.45) is 0 Å². The summed E-state index contributed by atoms with van der Waals surface area (Å²) in [4.78, 5) is 2.48. The van der Waals surface area contributed by atoms with Crippen molar-refractivity contribution in [3.05, 3.63) is 53.3 Å². The van der Waals surface area contributed by atoms with Crippen molar-refractivity contribution < 1.29 is 4.74 Å². The van der Waals surface area contributed by atoms with Gasteiger partial charge in [-0.1, -0.05) is 29.8 Å². The van der Waals surface area contributed by atoms with Gasteiger partial charge in [-0.3, -0.25) is 4.90 Å². The summed E-state index contributed by atoms with van der Waals surface area (Å²) in [6.45, 7) is 8.25. The molecule has 1 aromatic carbocycles. The average Bonchev–Trinajstić information content (AvgIpc) is 3.05. The highest BCUT2D eigenvalue weighted by molar-refractivity contribution is 5.44. The van der Waals surface area contributed by atoms with E-state index in [2.05, 4.69) is 56.7 Å². The van der Waals surface area contributed by atoms with Crippen LogP contribution in [0.4, 0.5) is 5.82 Å². The number of benzene rings is 1. The van der Waals surface area contributed by atoms with Gasteiger partial charge in [0.15, 0.2) is 11.5 Å². The zero-order valence-electron chi connectivity index (χ0n) is 15.2. The van der Waals surface area contributed by atoms with Gasteiger partial charge in [0.25, 0.3) is 0 Å². The molecular formula is C19H24N6O. The maximum atomic E-state index is 5.53. The van der Waals surface area contributed by atoms with Crippen LogP contribution in [0.3, 0.4) is 0 Å². The summed E-state index contributed by atoms with van der Waals surface area (Å²) in [5, 5.41) is 16.2. The Kier molecular flexibility index (Phi) is 4.81. The Morgan fingerprint density at radius 2 is 1.81 bits per heavy atom. The largest absolute Gasteiger partial charge is 0.379 e. The number of morpholine rings is 1. The summed E-state index contributed by atoms with van der Waals surface area (Å²) in [6, 6.07) is 13.0. The van der Waals surface area contributed by atoms with Crippen LogP contribution in [0.5, 0.6) is 0 Å². The Labute approximate surface area is 153 Å². The summed E-state index contributed by atoms with van der Waals surface area (Å²) in [6.07, 6.45) is 0. The lowest BCUT2D eigenvalue weighted by molar-refractivity contribution is 0.0187. The number of hydrogen-bond acceptors (Lipinski definition) is 6. The normalized spacial score (nSPS) is 16.7. The summed E-state index contributed by atoms with van der Waals surface area (Å²) in [5.74, 6) is 1.61. The zero-order valence-corrected chi connectivity index (χ0v) is 15.2. The molecular weight excluding hydrogens is 328 g/mol. The number of nitrogens with zero attached hydrogens (tertiary/aromatic N) is 5. The second kappa shape index (κ2) is 7.39. The molecule has 136 valence electrons. The monoisotopic (exact) mass is 352 g/mol. The van der Waals surface area contributed by atoms with Crippen LogP contribution >= 0.6 is 0 Å². The van der Waals surface area contributed by atoms with E-state index in [-0.39, 0.29) is 6.04 Å². The van der Waals surface area contributed by atoms with Crippen LogP contribution in [0.15, 0.2) is 36.4 Å². The first-order valence-corrected chi connectivity index (χ1v) is 9.02. The Hall–Kier alpha value is -2.51. The highest BCUT2D eigenvalue weighted by atomic mass is 16.5. The molecule has 3 heterocycles. The smallest absolute Gasteiger partial charge is 0.178 e. The lowest BCUT2D eigenvalue weighted by Crippen LogP contribution is -2.41. The zero-order chi connectivity index (χ0) is 17.9. The Morgan fingerprint density at radius 3 is 2.58 bits per heavy atom. The van der Waals surface area contributed by atoms with Crippen molar-refractivity contribution in [3.8, 4) is 0 Å². The minimum Gasteiger partial charge on any atom is -0.379 e. The molecule has 4 rings (SSSR count). The number of aromatic nitrogens is 4. The van der Waals surface area contributed by atoms with Gasteiger partial charge >= 0.3 is 0 Å². The predicted octanol–water partition coefficient (Wildman–Crippen LogP) is 2.23. The lowest BCUT2D eigenvalue weighted by Gasteiger charge is -2.35. The van der Waals surface area contributed by atoms with Crippen LogP contribution < -0.4 is 5.32 Å². The molecule has 26 heavy (non-hydrogen) atoms. The van der Waals surface area contributed by atoms with E-state index >= 15 is 0 Å². The fourth-order valence-corrected chi connectivity index (χ4v) is 3.33. The lowest BCUT2D eigenvalue weighted by atomic mass is 10.0. The minimum absolute atomic E-state index is 0.277. The molecule has 1 atom stereocenters. The summed E-state index contributed by atoms with van der Waals surface area (Å²) < 4.78 is 7.29. The standard InChI is InChI=1S/C19H24N6O/c1-14-3-5-16(6-4-14)17(24-9-11-26-12-10-24)13-20-18-7-8-19-22-21-15(2)25(19)23-18/h3-8,17H,9-13H2,1-2H3,(H,20,23). The number of fused-ring (bicyclic) bond motifs is 1. The molecule has 0 radical (unpaired) electrons. The van der Waals surface area contributed by atoms with Gasteiger partial charge in [-0.15, -0.1) is 15.3 Å². The summed E-state index contributed by atoms with van der Waals surface area (Å²) in [5.41, 5.74) is 3.35. The van der Waals surface area contributed by atoms with Gasteiger partial charge in [0, 0.05) is 19.6 Å². The van der Waals surface area contributed by atoms with Gasteiger partial charge in [-0.25, -0.2) is 0 Å². The van der Waals surface area contributed by atoms with Gasteiger partial charge in [0.2, 0.25) is 0 Å². The number of nitrogens with one attached hydrogen (secondary N) is 1. The Morgan fingerprint density at radius 1 is 1.04 bits per heavy atom. The van der Waals surface area contributed by atoms with E-state index in [1.165, 1.54) is 11.1 Å². The molecule has 0 saturated carbocycles. The van der Waals surface area contributed by atoms with E-state index in [0.29, 0.717) is 0 Å². The van der Waals surface area contributed by atoms with Crippen molar-refractivity contribution >= 4 is 11.5 Å². The third-order valence-corrected chi connectivity index (χ3v) is 4.84. The van der Waals surface area contributed by atoms with Gasteiger partial charge in [0.1, 0.15) is 5.82 Å². The van der Waals surface area contributed by atoms with Crippen molar-refractivity contribution in [1.82, 2.24) is 24.7 Å². The first kappa shape index (κ1) is 16.9. The number of hydrogen-bond donors (Lipinski definition) is 1. The highest BCUT2D eigenvalue weighted by Crippen LogP contribution is 2.23. The van der Waals surface area contributed by atoms with E-state index in [1.54, 1.807) is 4.52 Å². The molecule has 1 fully saturated rings. The summed E-state index contributed by atoms with van der Waals surface area (Å²) >= 11 is 0. The molecule has 7 nitrogen and oxygen atoms in total. The van der Waals surface area contributed by atoms with Crippen molar-refractivity contribution in [1.29, 1.82) is 0 Å². The molecule has 1 N–H and O–H groups in total. The molecule has 0 amide bonds. The minimum atomic E-state index is 0.277. The second-order valence-corrected chi connectivity index (χ2v) is 6.69. The molecule has 1 unspecified atom stereocenters. The third-order valence-electron chi connectivity index (χ3n) is 4.84. The van der Waals surface area contributed by atoms with Gasteiger partial charge in [0.05, 0.1) is 19.3 Å². The van der Waals surface area contributed by atoms with E-state index in [9.17, 15) is 0 Å². The van der Waals surface area contributed by atoms with Crippen LogP contribution in [-0.2, 0) is 4.74 Å². The van der Waals surface area contributed by atoms with E-state index < -0.39 is 0 Å².